The summed E-state index contributed by atoms with van der Waals surface area (Å²) in [5, 5.41) is 8.95. The van der Waals surface area contributed by atoms with Crippen molar-refractivity contribution in [3.63, 3.8) is 0 Å². The molecule has 0 aromatic carbocycles. The number of amides is 1. The third-order valence-electron chi connectivity index (χ3n) is 3.42. The van der Waals surface area contributed by atoms with Crippen molar-refractivity contribution in [2.75, 3.05) is 13.1 Å². The van der Waals surface area contributed by atoms with Crippen LogP contribution >= 0.6 is 0 Å². The molecule has 0 aromatic heterocycles. The Morgan fingerprint density at radius 3 is 2.25 bits per heavy atom. The number of allylic oxidation sites excluding steroid dienone is 2. The Morgan fingerprint density at radius 2 is 1.75 bits per heavy atom. The van der Waals surface area contributed by atoms with Gasteiger partial charge in [0.15, 0.2) is 0 Å². The molecule has 0 saturated heterocycles. The van der Waals surface area contributed by atoms with Gasteiger partial charge < -0.3 is 10.0 Å². The summed E-state index contributed by atoms with van der Waals surface area (Å²) in [5.41, 5.74) is 0. The van der Waals surface area contributed by atoms with Gasteiger partial charge in [-0.2, -0.15) is 0 Å². The minimum atomic E-state index is -0.888. The molecule has 1 unspecified atom stereocenters. The maximum absolute atomic E-state index is 12.3. The minimum Gasteiger partial charge on any atom is -0.481 e. The number of aliphatic carboxylic acids is 1. The van der Waals surface area contributed by atoms with Crippen LogP contribution in [0.15, 0.2) is 12.2 Å². The average Bonchev–Trinajstić information content (AvgIpc) is 2.42. The number of hydrogen-bond acceptors (Lipinski definition) is 2. The van der Waals surface area contributed by atoms with Gasteiger partial charge in [-0.05, 0) is 39.5 Å². The lowest BCUT2D eigenvalue weighted by atomic mass is 9.96. The monoisotopic (exact) mass is 283 g/mol. The zero-order valence-electron chi connectivity index (χ0n) is 13.1. The fourth-order valence-corrected chi connectivity index (χ4v) is 2.25. The lowest BCUT2D eigenvalue weighted by Crippen LogP contribution is -2.36. The van der Waals surface area contributed by atoms with Crippen molar-refractivity contribution in [3.05, 3.63) is 12.2 Å². The molecule has 0 radical (unpaired) electrons. The highest BCUT2D eigenvalue weighted by molar-refractivity contribution is 5.83. The van der Waals surface area contributed by atoms with E-state index in [0.29, 0.717) is 19.5 Å². The van der Waals surface area contributed by atoms with Crippen molar-refractivity contribution in [2.45, 2.75) is 59.3 Å². The van der Waals surface area contributed by atoms with Crippen LogP contribution in [0.25, 0.3) is 0 Å². The first-order chi connectivity index (χ1) is 9.56. The average molecular weight is 283 g/mol. The Bertz CT molecular complexity index is 309. The third kappa shape index (κ3) is 7.97. The molecule has 4 nitrogen and oxygen atoms in total. The first-order valence-corrected chi connectivity index (χ1v) is 7.72. The Kier molecular flexibility index (Phi) is 10.7. The fourth-order valence-electron chi connectivity index (χ4n) is 2.25. The van der Waals surface area contributed by atoms with E-state index in [9.17, 15) is 9.59 Å². The number of rotatable bonds is 11. The molecule has 0 heterocycles. The van der Waals surface area contributed by atoms with Gasteiger partial charge in [0.05, 0.1) is 6.42 Å². The zero-order valence-corrected chi connectivity index (χ0v) is 13.1. The molecule has 20 heavy (non-hydrogen) atoms. The van der Waals surface area contributed by atoms with Crippen molar-refractivity contribution >= 4 is 11.9 Å². The Hall–Kier alpha value is -1.32. The molecule has 0 fully saturated rings. The van der Waals surface area contributed by atoms with Crippen LogP contribution in [0.3, 0.4) is 0 Å². The van der Waals surface area contributed by atoms with E-state index in [-0.39, 0.29) is 18.2 Å². The van der Waals surface area contributed by atoms with Crippen molar-refractivity contribution in [3.8, 4) is 0 Å². The van der Waals surface area contributed by atoms with E-state index in [4.69, 9.17) is 5.11 Å². The van der Waals surface area contributed by atoms with Gasteiger partial charge in [0.1, 0.15) is 0 Å². The van der Waals surface area contributed by atoms with Gasteiger partial charge in [0, 0.05) is 19.0 Å². The number of carboxylic acid groups (broad SMARTS) is 1. The molecule has 0 aliphatic carbocycles. The fraction of sp³-hybridized carbons (Fsp3) is 0.750. The summed E-state index contributed by atoms with van der Waals surface area (Å²) >= 11 is 0. The first-order valence-electron chi connectivity index (χ1n) is 7.72. The van der Waals surface area contributed by atoms with Gasteiger partial charge in [0.2, 0.25) is 5.91 Å². The number of hydrogen-bond donors (Lipinski definition) is 1. The second-order valence-electron chi connectivity index (χ2n) is 4.97. The first kappa shape index (κ1) is 18.7. The molecule has 1 atom stereocenters. The predicted molar refractivity (Wildman–Crippen MR) is 81.6 cm³/mol. The third-order valence-corrected chi connectivity index (χ3v) is 3.42. The molecular formula is C16H29NO3. The van der Waals surface area contributed by atoms with E-state index in [1.807, 2.05) is 13.8 Å². The van der Waals surface area contributed by atoms with E-state index >= 15 is 0 Å². The van der Waals surface area contributed by atoms with Crippen LogP contribution in [0.1, 0.15) is 59.3 Å². The van der Waals surface area contributed by atoms with Gasteiger partial charge in [-0.3, -0.25) is 9.59 Å². The summed E-state index contributed by atoms with van der Waals surface area (Å²) in [7, 11) is 0. The van der Waals surface area contributed by atoms with Crippen LogP contribution in [0, 0.1) is 5.92 Å². The van der Waals surface area contributed by atoms with Crippen LogP contribution < -0.4 is 0 Å². The largest absolute Gasteiger partial charge is 0.481 e. The number of nitrogens with zero attached hydrogens (tertiary/aromatic N) is 1. The van der Waals surface area contributed by atoms with Crippen molar-refractivity contribution in [2.24, 2.45) is 5.92 Å². The van der Waals surface area contributed by atoms with Crippen molar-refractivity contribution in [1.82, 2.24) is 4.90 Å². The normalized spacial score (nSPS) is 12.6. The minimum absolute atomic E-state index is 0.0125. The maximum Gasteiger partial charge on any atom is 0.304 e. The highest BCUT2D eigenvalue weighted by Crippen LogP contribution is 2.17. The van der Waals surface area contributed by atoms with Crippen LogP contribution in [0.5, 0.6) is 0 Å². The number of carbonyl (C=O) groups is 2. The van der Waals surface area contributed by atoms with Crippen LogP contribution in [0.2, 0.25) is 0 Å². The summed E-state index contributed by atoms with van der Waals surface area (Å²) in [4.78, 5) is 24.9. The second kappa shape index (κ2) is 11.5. The molecule has 0 aromatic rings. The maximum atomic E-state index is 12.3. The lowest BCUT2D eigenvalue weighted by Gasteiger charge is -2.24. The quantitative estimate of drug-likeness (QED) is 0.466. The summed E-state index contributed by atoms with van der Waals surface area (Å²) in [6.07, 6.45) is 8.86. The SMILES string of the molecule is CC/C=C/CCCCC(CC(=O)O)C(=O)N(CC)CC. The number of carboxylic acids is 1. The van der Waals surface area contributed by atoms with Crippen LogP contribution in [-0.4, -0.2) is 35.0 Å². The van der Waals surface area contributed by atoms with E-state index in [1.54, 1.807) is 4.90 Å². The van der Waals surface area contributed by atoms with Crippen molar-refractivity contribution < 1.29 is 14.7 Å². The number of unbranched alkanes of at least 4 members (excludes halogenated alkanes) is 2. The molecule has 0 rings (SSSR count). The molecule has 1 N–H and O–H groups in total. The molecule has 0 bridgehead atoms. The lowest BCUT2D eigenvalue weighted by molar-refractivity contribution is -0.144. The molecule has 1 amide bonds. The Labute approximate surface area is 122 Å². The molecular weight excluding hydrogens is 254 g/mol. The summed E-state index contributed by atoms with van der Waals surface area (Å²) < 4.78 is 0. The van der Waals surface area contributed by atoms with Crippen molar-refractivity contribution in [1.29, 1.82) is 0 Å². The van der Waals surface area contributed by atoms with Crippen LogP contribution in [0.4, 0.5) is 0 Å². The number of carbonyl (C=O) groups excluding carboxylic acids is 1. The van der Waals surface area contributed by atoms with Gasteiger partial charge in [-0.1, -0.05) is 25.5 Å². The summed E-state index contributed by atoms with van der Waals surface area (Å²) in [5.74, 6) is -1.27. The molecule has 0 spiro atoms. The van der Waals surface area contributed by atoms with E-state index in [2.05, 4.69) is 19.1 Å². The Balaban J connectivity index is 4.31. The predicted octanol–water partition coefficient (Wildman–Crippen LogP) is 3.47. The summed E-state index contributed by atoms with van der Waals surface area (Å²) in [6.45, 7) is 7.24. The van der Waals surface area contributed by atoms with Gasteiger partial charge in [0.25, 0.3) is 0 Å². The van der Waals surface area contributed by atoms with Gasteiger partial charge in [-0.25, -0.2) is 0 Å². The van der Waals surface area contributed by atoms with Gasteiger partial charge >= 0.3 is 5.97 Å². The Morgan fingerprint density at radius 1 is 1.10 bits per heavy atom. The molecule has 0 aliphatic rings. The molecule has 0 aliphatic heterocycles. The standard InChI is InChI=1S/C16H29NO3/c1-4-7-8-9-10-11-12-14(13-15(18)19)16(20)17(5-2)6-3/h7-8,14H,4-6,9-13H2,1-3H3,(H,18,19)/b8-7+. The van der Waals surface area contributed by atoms with E-state index in [1.165, 1.54) is 0 Å². The van der Waals surface area contributed by atoms with E-state index < -0.39 is 5.97 Å². The second-order valence-corrected chi connectivity index (χ2v) is 4.97. The zero-order chi connectivity index (χ0) is 15.4. The van der Waals surface area contributed by atoms with Crippen LogP contribution in [-0.2, 0) is 9.59 Å². The highest BCUT2D eigenvalue weighted by atomic mass is 16.4. The molecule has 4 heteroatoms. The molecule has 116 valence electrons. The molecule has 0 saturated carbocycles. The summed E-state index contributed by atoms with van der Waals surface area (Å²) in [6, 6.07) is 0. The topological polar surface area (TPSA) is 57.6 Å². The smallest absolute Gasteiger partial charge is 0.304 e. The highest BCUT2D eigenvalue weighted by Gasteiger charge is 2.24. The van der Waals surface area contributed by atoms with Gasteiger partial charge in [-0.15, -0.1) is 0 Å². The van der Waals surface area contributed by atoms with E-state index in [0.717, 1.165) is 25.7 Å².